The number of hydrogen-bond donors (Lipinski definition) is 2. The molecule has 2 aromatic carbocycles. The number of rotatable bonds is 5. The summed E-state index contributed by atoms with van der Waals surface area (Å²) in [6, 6.07) is 17.1. The van der Waals surface area contributed by atoms with Gasteiger partial charge in [0.15, 0.2) is 0 Å². The van der Waals surface area contributed by atoms with Crippen LogP contribution < -0.4 is 15.3 Å². The van der Waals surface area contributed by atoms with Gasteiger partial charge in [0.2, 0.25) is 0 Å². The maximum Gasteiger partial charge on any atom is 0.549 e. The molecule has 0 spiro atoms. The normalized spacial score (nSPS) is 34.4. The van der Waals surface area contributed by atoms with E-state index in [0.717, 1.165) is 10.9 Å². The van der Waals surface area contributed by atoms with Crippen LogP contribution in [0, 0.1) is 0 Å². The van der Waals surface area contributed by atoms with Gasteiger partial charge in [0.1, 0.15) is 24.4 Å². The molecule has 3 aliphatic heterocycles. The Kier molecular flexibility index (Phi) is 9.96. The second kappa shape index (κ2) is 12.4. The van der Waals surface area contributed by atoms with Crippen LogP contribution in [0.5, 0.6) is 0 Å². The molecular formula is C24H35NO9Si3. The van der Waals surface area contributed by atoms with E-state index in [1.54, 1.807) is 6.92 Å². The first-order chi connectivity index (χ1) is 17.6. The SMILES string of the molecule is CC.CC(O)C1O[Si]2(c3ccccc3)OC1C(C1O[Si](O)(c3ccc(N(C)C)cc3)OC1C)O2.O=[Si]=O. The lowest BCUT2D eigenvalue weighted by Gasteiger charge is -2.35. The Balaban J connectivity index is 0.000000711. The molecule has 3 fully saturated rings. The molecule has 0 saturated carbocycles. The molecule has 2 aromatic rings. The summed E-state index contributed by atoms with van der Waals surface area (Å²) in [5.74, 6) is 0. The first kappa shape index (κ1) is 29.8. The summed E-state index contributed by atoms with van der Waals surface area (Å²) in [6.45, 7) is 7.56. The van der Waals surface area contributed by atoms with Gasteiger partial charge in [-0.05, 0) is 26.0 Å². The van der Waals surface area contributed by atoms with Gasteiger partial charge in [0.25, 0.3) is 0 Å². The van der Waals surface area contributed by atoms with Gasteiger partial charge in [-0.15, -0.1) is 0 Å². The third-order valence-electron chi connectivity index (χ3n) is 6.30. The zero-order valence-corrected chi connectivity index (χ0v) is 24.9. The quantitative estimate of drug-likeness (QED) is 0.496. The van der Waals surface area contributed by atoms with Crippen molar-refractivity contribution in [2.24, 2.45) is 0 Å². The Hall–Kier alpha value is -1.79. The van der Waals surface area contributed by atoms with E-state index in [-0.39, 0.29) is 0 Å². The minimum Gasteiger partial charge on any atom is -0.391 e. The van der Waals surface area contributed by atoms with Gasteiger partial charge in [-0.2, -0.15) is 0 Å². The first-order valence-corrected chi connectivity index (χ1v) is 16.6. The second-order valence-electron chi connectivity index (χ2n) is 8.92. The lowest BCUT2D eigenvalue weighted by Crippen LogP contribution is -2.59. The molecule has 13 heteroatoms. The van der Waals surface area contributed by atoms with Crippen molar-refractivity contribution in [1.82, 2.24) is 0 Å². The summed E-state index contributed by atoms with van der Waals surface area (Å²) < 4.78 is 48.0. The lowest BCUT2D eigenvalue weighted by molar-refractivity contribution is -0.0741. The van der Waals surface area contributed by atoms with Crippen LogP contribution in [0.4, 0.5) is 5.69 Å². The molecule has 0 aromatic heterocycles. The number of hydrogen-bond acceptors (Lipinski definition) is 10. The first-order valence-electron chi connectivity index (χ1n) is 12.3. The van der Waals surface area contributed by atoms with Crippen molar-refractivity contribution in [2.75, 3.05) is 19.0 Å². The highest BCUT2D eigenvalue weighted by Gasteiger charge is 2.69. The van der Waals surface area contributed by atoms with Crippen LogP contribution in [-0.2, 0) is 31.1 Å². The van der Waals surface area contributed by atoms with Crippen LogP contribution in [-0.4, -0.2) is 87.5 Å². The number of benzene rings is 2. The van der Waals surface area contributed by atoms with Crippen molar-refractivity contribution in [3.8, 4) is 0 Å². The molecule has 37 heavy (non-hydrogen) atoms. The zero-order chi connectivity index (χ0) is 27.4. The molecule has 2 bridgehead atoms. The lowest BCUT2D eigenvalue weighted by atomic mass is 9.97. The van der Waals surface area contributed by atoms with Crippen molar-refractivity contribution < 1.29 is 41.0 Å². The van der Waals surface area contributed by atoms with Gasteiger partial charge < -0.3 is 36.9 Å². The Bertz CT molecular complexity index is 1060. The molecule has 3 heterocycles. The molecule has 0 radical (unpaired) electrons. The summed E-state index contributed by atoms with van der Waals surface area (Å²) in [5, 5.41) is 11.8. The fraction of sp³-hybridized carbons (Fsp3) is 0.500. The molecule has 3 aliphatic rings. The molecule has 0 aliphatic carbocycles. The maximum absolute atomic E-state index is 11.3. The van der Waals surface area contributed by atoms with Crippen LogP contribution in [0.1, 0.15) is 27.7 Å². The third-order valence-corrected chi connectivity index (χ3v) is 11.4. The van der Waals surface area contributed by atoms with E-state index >= 15 is 0 Å². The fourth-order valence-corrected chi connectivity index (χ4v) is 9.98. The van der Waals surface area contributed by atoms with Crippen LogP contribution in [0.3, 0.4) is 0 Å². The van der Waals surface area contributed by atoms with Crippen LogP contribution in [0.2, 0.25) is 0 Å². The second-order valence-corrected chi connectivity index (χ2v) is 13.7. The smallest absolute Gasteiger partial charge is 0.391 e. The average molecular weight is 566 g/mol. The van der Waals surface area contributed by atoms with Gasteiger partial charge in [-0.1, -0.05) is 56.3 Å². The monoisotopic (exact) mass is 565 g/mol. The highest BCUT2D eigenvalue weighted by atomic mass is 28.4. The van der Waals surface area contributed by atoms with Gasteiger partial charge in [0.05, 0.1) is 12.2 Å². The number of nitrogens with zero attached hydrogens (tertiary/aromatic N) is 1. The van der Waals surface area contributed by atoms with Crippen LogP contribution in [0.15, 0.2) is 54.6 Å². The predicted octanol–water partition coefficient (Wildman–Crippen LogP) is 0.512. The van der Waals surface area contributed by atoms with Gasteiger partial charge >= 0.3 is 26.9 Å². The fourth-order valence-electron chi connectivity index (χ4n) is 4.62. The van der Waals surface area contributed by atoms with E-state index in [1.807, 2.05) is 94.4 Å². The van der Waals surface area contributed by atoms with E-state index in [4.69, 9.17) is 31.1 Å². The molecule has 8 unspecified atom stereocenters. The van der Waals surface area contributed by atoms with Crippen molar-refractivity contribution >= 4 is 43.0 Å². The molecule has 0 amide bonds. The van der Waals surface area contributed by atoms with E-state index in [9.17, 15) is 9.90 Å². The predicted molar refractivity (Wildman–Crippen MR) is 140 cm³/mol. The van der Waals surface area contributed by atoms with Gasteiger partial charge in [-0.25, -0.2) is 0 Å². The number of aliphatic hydroxyl groups is 1. The topological polar surface area (TPSA) is 124 Å². The number of fused-ring (bicyclic) bond motifs is 2. The molecule has 2 N–H and O–H groups in total. The third kappa shape index (κ3) is 5.95. The number of anilines is 1. The molecule has 3 saturated heterocycles. The van der Waals surface area contributed by atoms with Crippen LogP contribution >= 0.6 is 0 Å². The van der Waals surface area contributed by atoms with Gasteiger partial charge in [0, 0.05) is 30.2 Å². The molecule has 8 atom stereocenters. The molecular weight excluding hydrogens is 531 g/mol. The Labute approximate surface area is 221 Å². The summed E-state index contributed by atoms with van der Waals surface area (Å²) >= 11 is 0. The summed E-state index contributed by atoms with van der Waals surface area (Å²) in [4.78, 5) is 13.3. The van der Waals surface area contributed by atoms with E-state index in [0.29, 0.717) is 5.19 Å². The van der Waals surface area contributed by atoms with Crippen molar-refractivity contribution in [3.05, 3.63) is 54.6 Å². The van der Waals surface area contributed by atoms with Crippen molar-refractivity contribution in [3.63, 3.8) is 0 Å². The molecule has 202 valence electrons. The van der Waals surface area contributed by atoms with Gasteiger partial charge in [-0.3, -0.25) is 8.92 Å². The Morgan fingerprint density at radius 3 is 1.95 bits per heavy atom. The average Bonchev–Trinajstić information content (AvgIpc) is 3.57. The van der Waals surface area contributed by atoms with Crippen molar-refractivity contribution in [2.45, 2.75) is 64.3 Å². The minimum absolute atomic E-state index is 0.412. The summed E-state index contributed by atoms with van der Waals surface area (Å²) in [5.41, 5.74) is 1.02. The number of aliphatic hydroxyl groups excluding tert-OH is 1. The van der Waals surface area contributed by atoms with E-state index in [1.165, 1.54) is 0 Å². The van der Waals surface area contributed by atoms with Crippen LogP contribution in [0.25, 0.3) is 0 Å². The largest absolute Gasteiger partial charge is 0.549 e. The Morgan fingerprint density at radius 2 is 1.41 bits per heavy atom. The minimum atomic E-state index is -3.64. The highest BCUT2D eigenvalue weighted by molar-refractivity contribution is 6.76. The zero-order valence-electron chi connectivity index (χ0n) is 21.9. The van der Waals surface area contributed by atoms with Crippen molar-refractivity contribution in [1.29, 1.82) is 0 Å². The molecule has 10 nitrogen and oxygen atoms in total. The van der Waals surface area contributed by atoms with E-state index < -0.39 is 63.5 Å². The maximum atomic E-state index is 11.3. The highest BCUT2D eigenvalue weighted by Crippen LogP contribution is 2.43. The Morgan fingerprint density at radius 1 is 0.838 bits per heavy atom. The molecule has 5 rings (SSSR count). The standard InChI is InChI=1S/C22H29NO7Si2.C2H6.O2Si/c1-14(24)19-21-22(30-32(28-19,29-21)18-8-6-5-7-9-18)20-15(2)26-31(25,27-20)17-12-10-16(11-13-17)23(3)4;1-2;1-3-2/h5-15,19-22,24-25H,1-4H3;1-2H3;. The van der Waals surface area contributed by atoms with E-state index in [2.05, 4.69) is 0 Å². The summed E-state index contributed by atoms with van der Waals surface area (Å²) in [7, 11) is -4.34. The summed E-state index contributed by atoms with van der Waals surface area (Å²) in [6.07, 6.45) is -3.26.